The fraction of sp³-hybridized carbons (Fsp3) is 0.318. The Morgan fingerprint density at radius 3 is 2.41 bits per heavy atom. The monoisotopic (exact) mass is 428 g/mol. The third-order valence-corrected chi connectivity index (χ3v) is 7.48. The Balaban J connectivity index is 1.66. The third-order valence-electron chi connectivity index (χ3n) is 5.24. The number of thiophene rings is 1. The first-order chi connectivity index (χ1) is 13.8. The van der Waals surface area contributed by atoms with Gasteiger partial charge in [-0.3, -0.25) is 9.10 Å². The summed E-state index contributed by atoms with van der Waals surface area (Å²) in [5.74, 6) is 0.0740. The molecule has 0 spiro atoms. The molecule has 0 saturated carbocycles. The molecule has 29 heavy (non-hydrogen) atoms. The van der Waals surface area contributed by atoms with Crippen molar-refractivity contribution < 1.29 is 13.2 Å². The smallest absolute Gasteiger partial charge is 0.263 e. The summed E-state index contributed by atoms with van der Waals surface area (Å²) < 4.78 is 27.4. The second-order valence-electron chi connectivity index (χ2n) is 7.59. The molecule has 3 aromatic rings. The SMILES string of the molecule is Cc1ccc(CN(c2ccc3sc(C(=O)N4CCCC4)cc3c2)S(C)(=O)=O)cc1. The second-order valence-corrected chi connectivity index (χ2v) is 10.6. The number of anilines is 1. The van der Waals surface area contributed by atoms with Crippen LogP contribution in [0.1, 0.15) is 33.6 Å². The fourth-order valence-electron chi connectivity index (χ4n) is 3.63. The highest BCUT2D eigenvalue weighted by atomic mass is 32.2. The summed E-state index contributed by atoms with van der Waals surface area (Å²) in [6.45, 7) is 3.91. The maximum atomic E-state index is 12.7. The van der Waals surface area contributed by atoms with Crippen molar-refractivity contribution in [1.29, 1.82) is 0 Å². The maximum absolute atomic E-state index is 12.7. The molecule has 0 radical (unpaired) electrons. The lowest BCUT2D eigenvalue weighted by Gasteiger charge is -2.22. The fourth-order valence-corrected chi connectivity index (χ4v) is 5.52. The molecular weight excluding hydrogens is 404 g/mol. The largest absolute Gasteiger partial charge is 0.338 e. The van der Waals surface area contributed by atoms with Crippen molar-refractivity contribution in [3.63, 3.8) is 0 Å². The number of hydrogen-bond donors (Lipinski definition) is 0. The highest BCUT2D eigenvalue weighted by molar-refractivity contribution is 7.92. The summed E-state index contributed by atoms with van der Waals surface area (Å²) in [7, 11) is -3.46. The molecule has 1 fully saturated rings. The number of rotatable bonds is 5. The minimum Gasteiger partial charge on any atom is -0.338 e. The highest BCUT2D eigenvalue weighted by Crippen LogP contribution is 2.32. The Bertz CT molecular complexity index is 1140. The highest BCUT2D eigenvalue weighted by Gasteiger charge is 2.22. The lowest BCUT2D eigenvalue weighted by molar-refractivity contribution is 0.0797. The van der Waals surface area contributed by atoms with Crippen molar-refractivity contribution in [2.24, 2.45) is 0 Å². The van der Waals surface area contributed by atoms with E-state index < -0.39 is 10.0 Å². The number of carbonyl (C=O) groups excluding carboxylic acids is 1. The van der Waals surface area contributed by atoms with Crippen LogP contribution in [0.2, 0.25) is 0 Å². The van der Waals surface area contributed by atoms with Crippen LogP contribution in [0.3, 0.4) is 0 Å². The van der Waals surface area contributed by atoms with Crippen LogP contribution < -0.4 is 4.31 Å². The zero-order chi connectivity index (χ0) is 20.6. The molecule has 0 aliphatic carbocycles. The Morgan fingerprint density at radius 1 is 1.07 bits per heavy atom. The van der Waals surface area contributed by atoms with E-state index in [-0.39, 0.29) is 12.5 Å². The van der Waals surface area contributed by atoms with Crippen molar-refractivity contribution in [2.45, 2.75) is 26.3 Å². The van der Waals surface area contributed by atoms with Gasteiger partial charge in [0.05, 0.1) is 23.4 Å². The van der Waals surface area contributed by atoms with Gasteiger partial charge in [0.15, 0.2) is 0 Å². The Labute approximate surface area is 175 Å². The van der Waals surface area contributed by atoms with E-state index in [1.54, 1.807) is 0 Å². The number of hydrogen-bond acceptors (Lipinski definition) is 4. The number of carbonyl (C=O) groups is 1. The van der Waals surface area contributed by atoms with Gasteiger partial charge in [0.2, 0.25) is 10.0 Å². The molecule has 1 amide bonds. The normalized spacial score (nSPS) is 14.5. The molecule has 2 aromatic carbocycles. The van der Waals surface area contributed by atoms with Crippen molar-refractivity contribution >= 4 is 43.0 Å². The average Bonchev–Trinajstić information content (AvgIpc) is 3.35. The molecule has 0 atom stereocenters. The van der Waals surface area contributed by atoms with Gasteiger partial charge in [-0.15, -0.1) is 11.3 Å². The van der Waals surface area contributed by atoms with Crippen LogP contribution >= 0.6 is 11.3 Å². The van der Waals surface area contributed by atoms with Crippen molar-refractivity contribution in [2.75, 3.05) is 23.7 Å². The van der Waals surface area contributed by atoms with E-state index >= 15 is 0 Å². The van der Waals surface area contributed by atoms with E-state index in [4.69, 9.17) is 0 Å². The summed E-state index contributed by atoms with van der Waals surface area (Å²) in [5.41, 5.74) is 2.67. The molecular formula is C22H24N2O3S2. The van der Waals surface area contributed by atoms with Crippen molar-refractivity contribution in [3.05, 3.63) is 64.5 Å². The van der Waals surface area contributed by atoms with Crippen molar-refractivity contribution in [1.82, 2.24) is 4.90 Å². The standard InChI is InChI=1S/C22H24N2O3S2/c1-16-5-7-17(8-6-16)15-24(29(2,26)27)19-9-10-20-18(13-19)14-21(28-20)22(25)23-11-3-4-12-23/h5-10,13-14H,3-4,11-12,15H2,1-2H3. The van der Waals surface area contributed by atoms with E-state index in [9.17, 15) is 13.2 Å². The van der Waals surface area contributed by atoms with Crippen LogP contribution in [0.4, 0.5) is 5.69 Å². The van der Waals surface area contributed by atoms with Gasteiger partial charge in [-0.25, -0.2) is 8.42 Å². The molecule has 1 aliphatic heterocycles. The molecule has 1 aromatic heterocycles. The Morgan fingerprint density at radius 2 is 1.76 bits per heavy atom. The first-order valence-corrected chi connectivity index (χ1v) is 12.3. The third kappa shape index (κ3) is 4.31. The number of nitrogens with zero attached hydrogens (tertiary/aromatic N) is 2. The van der Waals surface area contributed by atoms with Gasteiger partial charge in [0.25, 0.3) is 5.91 Å². The quantitative estimate of drug-likeness (QED) is 0.605. The summed E-state index contributed by atoms with van der Waals surface area (Å²) in [6, 6.07) is 15.3. The number of benzene rings is 2. The van der Waals surface area contributed by atoms with E-state index in [1.807, 2.05) is 60.4 Å². The van der Waals surface area contributed by atoms with E-state index in [0.29, 0.717) is 10.6 Å². The van der Waals surface area contributed by atoms with Crippen LogP contribution in [-0.2, 0) is 16.6 Å². The lowest BCUT2D eigenvalue weighted by Crippen LogP contribution is -2.29. The van der Waals surface area contributed by atoms with Crippen LogP contribution in [0, 0.1) is 6.92 Å². The van der Waals surface area contributed by atoms with Gasteiger partial charge in [0, 0.05) is 17.8 Å². The number of aryl methyl sites for hydroxylation is 1. The minimum absolute atomic E-state index is 0.0740. The topological polar surface area (TPSA) is 57.7 Å². The summed E-state index contributed by atoms with van der Waals surface area (Å²) in [4.78, 5) is 15.3. The lowest BCUT2D eigenvalue weighted by atomic mass is 10.1. The first kappa shape index (κ1) is 19.9. The Hall–Kier alpha value is -2.38. The molecule has 152 valence electrons. The van der Waals surface area contributed by atoms with Crippen molar-refractivity contribution in [3.8, 4) is 0 Å². The molecule has 4 rings (SSSR count). The van der Waals surface area contributed by atoms with Crippen LogP contribution in [-0.4, -0.2) is 38.6 Å². The molecule has 0 bridgehead atoms. The molecule has 2 heterocycles. The van der Waals surface area contributed by atoms with E-state index in [1.165, 1.54) is 21.9 Å². The summed E-state index contributed by atoms with van der Waals surface area (Å²) in [5, 5.41) is 0.896. The van der Waals surface area contributed by atoms with E-state index in [2.05, 4.69) is 0 Å². The summed E-state index contributed by atoms with van der Waals surface area (Å²) in [6.07, 6.45) is 3.34. The van der Waals surface area contributed by atoms with Crippen LogP contribution in [0.5, 0.6) is 0 Å². The predicted molar refractivity (Wildman–Crippen MR) is 119 cm³/mol. The molecule has 7 heteroatoms. The maximum Gasteiger partial charge on any atom is 0.263 e. The molecule has 0 unspecified atom stereocenters. The number of amides is 1. The van der Waals surface area contributed by atoms with Crippen LogP contribution in [0.25, 0.3) is 10.1 Å². The molecule has 5 nitrogen and oxygen atoms in total. The average molecular weight is 429 g/mol. The molecule has 1 aliphatic rings. The number of likely N-dealkylation sites (tertiary alicyclic amines) is 1. The number of sulfonamides is 1. The van der Waals surface area contributed by atoms with Gasteiger partial charge in [-0.1, -0.05) is 29.8 Å². The van der Waals surface area contributed by atoms with Crippen LogP contribution in [0.15, 0.2) is 48.5 Å². The second kappa shape index (κ2) is 7.80. The predicted octanol–water partition coefficient (Wildman–Crippen LogP) is 4.41. The minimum atomic E-state index is -3.46. The molecule has 0 N–H and O–H groups in total. The van der Waals surface area contributed by atoms with Gasteiger partial charge >= 0.3 is 0 Å². The summed E-state index contributed by atoms with van der Waals surface area (Å²) >= 11 is 1.47. The van der Waals surface area contributed by atoms with E-state index in [0.717, 1.165) is 47.1 Å². The number of fused-ring (bicyclic) bond motifs is 1. The van der Waals surface area contributed by atoms with Gasteiger partial charge in [-0.05, 0) is 55.0 Å². The zero-order valence-corrected chi connectivity index (χ0v) is 18.2. The van der Waals surface area contributed by atoms with Gasteiger partial charge in [0.1, 0.15) is 0 Å². The Kier molecular flexibility index (Phi) is 5.36. The van der Waals surface area contributed by atoms with Gasteiger partial charge < -0.3 is 4.90 Å². The first-order valence-electron chi connectivity index (χ1n) is 9.67. The zero-order valence-electron chi connectivity index (χ0n) is 16.6. The molecule has 1 saturated heterocycles. The van der Waals surface area contributed by atoms with Gasteiger partial charge in [-0.2, -0.15) is 0 Å².